The van der Waals surface area contributed by atoms with E-state index in [0.717, 1.165) is 0 Å². The first kappa shape index (κ1) is 12.9. The van der Waals surface area contributed by atoms with Crippen molar-refractivity contribution in [2.24, 2.45) is 0 Å². The Hall–Kier alpha value is -0.123. The van der Waals surface area contributed by atoms with Crippen molar-refractivity contribution in [1.82, 2.24) is 0 Å². The molecule has 0 fully saturated rings. The molecule has 0 N–H and O–H groups in total. The molecule has 1 atom stereocenters. The zero-order valence-corrected chi connectivity index (χ0v) is 10.5. The van der Waals surface area contributed by atoms with Crippen molar-refractivity contribution >= 4 is 8.07 Å². The highest BCUT2D eigenvalue weighted by atomic mass is 28.3. The number of hydrogen-bond donors (Lipinski definition) is 0. The average molecular weight is 202 g/mol. The fourth-order valence-corrected chi connectivity index (χ4v) is 2.34. The highest BCUT2D eigenvalue weighted by Gasteiger charge is 2.31. The second kappa shape index (κ2) is 5.57. The Balaban J connectivity index is 4.30. The quantitative estimate of drug-likeness (QED) is 0.487. The minimum atomic E-state index is -1.57. The standard InChI is InChI=1S/C10H22O2Si/c1-7-11-10(12-9(3)4)13(5,6)8-2/h8-10H,2,7H2,1,3-6H3. The molecule has 78 valence electrons. The maximum atomic E-state index is 5.71. The third-order valence-electron chi connectivity index (χ3n) is 1.85. The molecule has 0 rings (SSSR count). The minimum absolute atomic E-state index is 0.0602. The molecule has 0 saturated carbocycles. The Morgan fingerprint density at radius 1 is 1.38 bits per heavy atom. The van der Waals surface area contributed by atoms with Crippen LogP contribution in [0.15, 0.2) is 12.3 Å². The zero-order chi connectivity index (χ0) is 10.5. The predicted molar refractivity (Wildman–Crippen MR) is 59.3 cm³/mol. The van der Waals surface area contributed by atoms with Crippen molar-refractivity contribution in [2.45, 2.75) is 45.9 Å². The molecule has 0 spiro atoms. The van der Waals surface area contributed by atoms with Crippen LogP contribution in [0.2, 0.25) is 13.1 Å². The van der Waals surface area contributed by atoms with Crippen molar-refractivity contribution in [2.75, 3.05) is 6.61 Å². The molecule has 0 aromatic rings. The molecule has 0 aliphatic rings. The number of hydrogen-bond acceptors (Lipinski definition) is 2. The van der Waals surface area contributed by atoms with Gasteiger partial charge in [-0.25, -0.2) is 0 Å². The lowest BCUT2D eigenvalue weighted by molar-refractivity contribution is -0.114. The summed E-state index contributed by atoms with van der Waals surface area (Å²) in [6.07, 6.45) is 0.211. The van der Waals surface area contributed by atoms with Crippen LogP contribution in [0, 0.1) is 0 Å². The van der Waals surface area contributed by atoms with E-state index >= 15 is 0 Å². The van der Waals surface area contributed by atoms with Gasteiger partial charge in [0.2, 0.25) is 0 Å². The highest BCUT2D eigenvalue weighted by molar-refractivity contribution is 6.82. The van der Waals surface area contributed by atoms with Gasteiger partial charge in [-0.05, 0) is 20.8 Å². The monoisotopic (exact) mass is 202 g/mol. The molecule has 0 heterocycles. The van der Waals surface area contributed by atoms with Crippen LogP contribution in [-0.4, -0.2) is 26.7 Å². The van der Waals surface area contributed by atoms with Gasteiger partial charge in [0.15, 0.2) is 0 Å². The third-order valence-corrected chi connectivity index (χ3v) is 4.42. The fourth-order valence-electron chi connectivity index (χ4n) is 0.924. The SMILES string of the molecule is C=C[Si](C)(C)C(OCC)OC(C)C. The van der Waals surface area contributed by atoms with Crippen LogP contribution in [0.3, 0.4) is 0 Å². The molecule has 3 heteroatoms. The Morgan fingerprint density at radius 2 is 1.92 bits per heavy atom. The fraction of sp³-hybridized carbons (Fsp3) is 0.800. The van der Waals surface area contributed by atoms with Crippen molar-refractivity contribution in [3.63, 3.8) is 0 Å². The van der Waals surface area contributed by atoms with Crippen LogP contribution in [0.25, 0.3) is 0 Å². The van der Waals surface area contributed by atoms with Gasteiger partial charge in [0.25, 0.3) is 0 Å². The van der Waals surface area contributed by atoms with E-state index in [9.17, 15) is 0 Å². The normalized spacial score (nSPS) is 14.6. The maximum Gasteiger partial charge on any atom is 0.145 e. The lowest BCUT2D eigenvalue weighted by Gasteiger charge is -2.30. The van der Waals surface area contributed by atoms with Crippen molar-refractivity contribution in [3.8, 4) is 0 Å². The van der Waals surface area contributed by atoms with Gasteiger partial charge in [-0.3, -0.25) is 0 Å². The van der Waals surface area contributed by atoms with Gasteiger partial charge in [-0.1, -0.05) is 18.8 Å². The van der Waals surface area contributed by atoms with E-state index in [4.69, 9.17) is 9.47 Å². The third kappa shape index (κ3) is 4.60. The summed E-state index contributed by atoms with van der Waals surface area (Å²) in [5.41, 5.74) is 2.01. The first-order valence-corrected chi connectivity index (χ1v) is 8.00. The van der Waals surface area contributed by atoms with Crippen LogP contribution in [0.5, 0.6) is 0 Å². The molecular formula is C10H22O2Si. The van der Waals surface area contributed by atoms with Crippen LogP contribution < -0.4 is 0 Å². The van der Waals surface area contributed by atoms with Crippen molar-refractivity contribution in [1.29, 1.82) is 0 Å². The van der Waals surface area contributed by atoms with Crippen molar-refractivity contribution in [3.05, 3.63) is 12.3 Å². The number of ether oxygens (including phenoxy) is 2. The molecule has 0 amide bonds. The molecule has 13 heavy (non-hydrogen) atoms. The summed E-state index contributed by atoms with van der Waals surface area (Å²) in [6, 6.07) is 0. The summed E-state index contributed by atoms with van der Waals surface area (Å²) < 4.78 is 11.3. The van der Waals surface area contributed by atoms with E-state index in [2.05, 4.69) is 19.7 Å². The van der Waals surface area contributed by atoms with Gasteiger partial charge in [0, 0.05) is 6.61 Å². The highest BCUT2D eigenvalue weighted by Crippen LogP contribution is 2.16. The predicted octanol–water partition coefficient (Wildman–Crippen LogP) is 2.75. The molecule has 0 aromatic carbocycles. The van der Waals surface area contributed by atoms with Gasteiger partial charge < -0.3 is 9.47 Å². The van der Waals surface area contributed by atoms with Gasteiger partial charge >= 0.3 is 0 Å². The summed E-state index contributed by atoms with van der Waals surface area (Å²) in [4.78, 5) is 0. The van der Waals surface area contributed by atoms with E-state index in [1.807, 2.05) is 26.5 Å². The van der Waals surface area contributed by atoms with Crippen LogP contribution in [-0.2, 0) is 9.47 Å². The van der Waals surface area contributed by atoms with Gasteiger partial charge in [-0.15, -0.1) is 6.58 Å². The molecule has 0 saturated heterocycles. The second-order valence-electron chi connectivity index (χ2n) is 4.00. The number of rotatable bonds is 6. The van der Waals surface area contributed by atoms with Gasteiger partial charge in [0.05, 0.1) is 6.10 Å². The van der Waals surface area contributed by atoms with E-state index in [-0.39, 0.29) is 12.0 Å². The van der Waals surface area contributed by atoms with Gasteiger partial charge in [-0.2, -0.15) is 0 Å². The summed E-state index contributed by atoms with van der Waals surface area (Å²) in [6.45, 7) is 15.0. The van der Waals surface area contributed by atoms with Gasteiger partial charge in [0.1, 0.15) is 14.0 Å². The zero-order valence-electron chi connectivity index (χ0n) is 9.46. The Labute approximate surface area is 82.9 Å². The first-order chi connectivity index (χ1) is 5.94. The molecule has 0 aliphatic carbocycles. The largest absolute Gasteiger partial charge is 0.356 e. The Bertz CT molecular complexity index is 155. The first-order valence-electron chi connectivity index (χ1n) is 4.84. The van der Waals surface area contributed by atoms with Crippen LogP contribution >= 0.6 is 0 Å². The Kier molecular flexibility index (Phi) is 5.52. The molecular weight excluding hydrogens is 180 g/mol. The average Bonchev–Trinajstić information content (AvgIpc) is 2.03. The van der Waals surface area contributed by atoms with E-state index in [1.54, 1.807) is 0 Å². The lowest BCUT2D eigenvalue weighted by Crippen LogP contribution is -2.45. The van der Waals surface area contributed by atoms with E-state index in [1.165, 1.54) is 0 Å². The topological polar surface area (TPSA) is 18.5 Å². The lowest BCUT2D eigenvalue weighted by atomic mass is 10.5. The molecule has 0 aliphatic heterocycles. The second-order valence-corrected chi connectivity index (χ2v) is 8.52. The molecule has 0 bridgehead atoms. The van der Waals surface area contributed by atoms with E-state index in [0.29, 0.717) is 6.61 Å². The summed E-state index contributed by atoms with van der Waals surface area (Å²) in [7, 11) is -1.57. The molecule has 0 aromatic heterocycles. The smallest absolute Gasteiger partial charge is 0.145 e. The Morgan fingerprint density at radius 3 is 2.23 bits per heavy atom. The minimum Gasteiger partial charge on any atom is -0.356 e. The van der Waals surface area contributed by atoms with E-state index < -0.39 is 8.07 Å². The summed E-state index contributed by atoms with van der Waals surface area (Å²) in [5.74, 6) is -0.0602. The molecule has 2 nitrogen and oxygen atoms in total. The summed E-state index contributed by atoms with van der Waals surface area (Å²) in [5, 5.41) is 0. The van der Waals surface area contributed by atoms with Crippen LogP contribution in [0.1, 0.15) is 20.8 Å². The maximum absolute atomic E-state index is 5.71. The molecule has 1 unspecified atom stereocenters. The van der Waals surface area contributed by atoms with Crippen molar-refractivity contribution < 1.29 is 9.47 Å². The molecule has 0 radical (unpaired) electrons. The summed E-state index contributed by atoms with van der Waals surface area (Å²) >= 11 is 0. The van der Waals surface area contributed by atoms with Crippen LogP contribution in [0.4, 0.5) is 0 Å².